The number of rotatable bonds is 10. The molecule has 8 nitrogen and oxygen atoms in total. The van der Waals surface area contributed by atoms with Crippen LogP contribution in [0.15, 0.2) is 24.3 Å². The van der Waals surface area contributed by atoms with Crippen LogP contribution in [0.25, 0.3) is 0 Å². The standard InChI is InChI=1S/C27H38N4O4/c1-9-13-19(5)29-24(32)23(21-15-12-11-14-20(21)10-2)31(17-16-28)25(33)22(18(3)4)30-26(34)35-27(6,7)8/h2,11-12,14-15,18-19,22-23H,9,13,17H2,1,3-8H3,(H,29,32)(H,30,34). The first kappa shape index (κ1) is 29.5. The van der Waals surface area contributed by atoms with Crippen molar-refractivity contribution < 1.29 is 19.1 Å². The van der Waals surface area contributed by atoms with Crippen LogP contribution in [0.1, 0.15) is 78.5 Å². The molecule has 2 N–H and O–H groups in total. The van der Waals surface area contributed by atoms with E-state index in [0.29, 0.717) is 11.1 Å². The zero-order chi connectivity index (χ0) is 26.8. The molecule has 8 heteroatoms. The van der Waals surface area contributed by atoms with Gasteiger partial charge in [0.25, 0.3) is 0 Å². The van der Waals surface area contributed by atoms with Gasteiger partial charge in [-0.05, 0) is 51.7 Å². The fourth-order valence-electron chi connectivity index (χ4n) is 3.64. The van der Waals surface area contributed by atoms with Gasteiger partial charge in [-0.1, -0.05) is 51.3 Å². The lowest BCUT2D eigenvalue weighted by Gasteiger charge is -2.35. The molecule has 3 atom stereocenters. The third-order valence-electron chi connectivity index (χ3n) is 5.21. The summed E-state index contributed by atoms with van der Waals surface area (Å²) >= 11 is 0. The fourth-order valence-corrected chi connectivity index (χ4v) is 3.64. The van der Waals surface area contributed by atoms with Crippen molar-refractivity contribution in [3.8, 4) is 18.4 Å². The maximum Gasteiger partial charge on any atom is 0.408 e. The first-order valence-electron chi connectivity index (χ1n) is 11.9. The lowest BCUT2D eigenvalue weighted by molar-refractivity contribution is -0.142. The predicted octanol–water partition coefficient (Wildman–Crippen LogP) is 3.92. The highest BCUT2D eigenvalue weighted by molar-refractivity contribution is 5.93. The van der Waals surface area contributed by atoms with Gasteiger partial charge in [-0.3, -0.25) is 9.59 Å². The van der Waals surface area contributed by atoms with Crippen LogP contribution in [0.3, 0.4) is 0 Å². The summed E-state index contributed by atoms with van der Waals surface area (Å²) in [4.78, 5) is 41.0. The number of alkyl carbamates (subject to hydrolysis) is 1. The molecule has 0 aliphatic carbocycles. The molecular formula is C27H38N4O4. The zero-order valence-electron chi connectivity index (χ0n) is 21.8. The molecule has 0 bridgehead atoms. The molecule has 0 spiro atoms. The summed E-state index contributed by atoms with van der Waals surface area (Å²) in [7, 11) is 0. The largest absolute Gasteiger partial charge is 0.444 e. The molecule has 0 aliphatic rings. The van der Waals surface area contributed by atoms with Crippen LogP contribution >= 0.6 is 0 Å². The second-order valence-electron chi connectivity index (χ2n) is 9.82. The zero-order valence-corrected chi connectivity index (χ0v) is 21.8. The summed E-state index contributed by atoms with van der Waals surface area (Å²) in [6.07, 6.45) is 6.55. The number of carbonyl (C=O) groups is 3. The number of hydrogen-bond acceptors (Lipinski definition) is 5. The minimum absolute atomic E-state index is 0.146. The molecule has 0 saturated heterocycles. The van der Waals surface area contributed by atoms with Gasteiger partial charge in [0.1, 0.15) is 24.2 Å². The van der Waals surface area contributed by atoms with Crippen LogP contribution in [0.4, 0.5) is 4.79 Å². The van der Waals surface area contributed by atoms with E-state index in [4.69, 9.17) is 11.2 Å². The van der Waals surface area contributed by atoms with Crippen LogP contribution in [-0.2, 0) is 14.3 Å². The normalized spacial score (nSPS) is 13.5. The monoisotopic (exact) mass is 482 g/mol. The minimum Gasteiger partial charge on any atom is -0.444 e. The molecule has 0 aliphatic heterocycles. The number of nitrogens with zero attached hydrogens (tertiary/aromatic N) is 2. The van der Waals surface area contributed by atoms with Gasteiger partial charge in [-0.2, -0.15) is 5.26 Å². The lowest BCUT2D eigenvalue weighted by atomic mass is 9.95. The van der Waals surface area contributed by atoms with E-state index in [-0.39, 0.29) is 18.5 Å². The average Bonchev–Trinajstić information content (AvgIpc) is 2.75. The first-order chi connectivity index (χ1) is 16.4. The molecule has 3 amide bonds. The molecule has 0 fully saturated rings. The second kappa shape index (κ2) is 13.4. The number of nitriles is 1. The molecule has 3 unspecified atom stereocenters. The summed E-state index contributed by atoms with van der Waals surface area (Å²) < 4.78 is 5.33. The number of carbonyl (C=O) groups excluding carboxylic acids is 3. The van der Waals surface area contributed by atoms with Crippen molar-refractivity contribution in [2.24, 2.45) is 5.92 Å². The summed E-state index contributed by atoms with van der Waals surface area (Å²) in [5, 5.41) is 15.1. The molecule has 35 heavy (non-hydrogen) atoms. The molecule has 0 saturated carbocycles. The van der Waals surface area contributed by atoms with Crippen molar-refractivity contribution in [2.45, 2.75) is 85.0 Å². The van der Waals surface area contributed by atoms with Crippen LogP contribution in [0.5, 0.6) is 0 Å². The van der Waals surface area contributed by atoms with E-state index in [1.807, 2.05) is 19.9 Å². The molecule has 190 valence electrons. The third-order valence-corrected chi connectivity index (χ3v) is 5.21. The van der Waals surface area contributed by atoms with E-state index in [2.05, 4.69) is 16.6 Å². The number of hydrogen-bond donors (Lipinski definition) is 2. The Morgan fingerprint density at radius 1 is 1.14 bits per heavy atom. The average molecular weight is 483 g/mol. The van der Waals surface area contributed by atoms with Crippen molar-refractivity contribution in [3.63, 3.8) is 0 Å². The van der Waals surface area contributed by atoms with E-state index in [9.17, 15) is 19.6 Å². The van der Waals surface area contributed by atoms with Crippen molar-refractivity contribution in [3.05, 3.63) is 35.4 Å². The summed E-state index contributed by atoms with van der Waals surface area (Å²) in [6, 6.07) is 6.47. The summed E-state index contributed by atoms with van der Waals surface area (Å²) in [5.41, 5.74) is 0.109. The van der Waals surface area contributed by atoms with E-state index in [1.165, 1.54) is 4.90 Å². The first-order valence-corrected chi connectivity index (χ1v) is 11.9. The Labute approximate surface area is 209 Å². The SMILES string of the molecule is C#Cc1ccccc1C(C(=O)NC(C)CCC)N(CC#N)C(=O)C(NC(=O)OC(C)(C)C)C(C)C. The molecule has 0 radical (unpaired) electrons. The Kier molecular flexibility index (Phi) is 11.3. The van der Waals surface area contributed by atoms with Gasteiger partial charge in [-0.15, -0.1) is 6.42 Å². The highest BCUT2D eigenvalue weighted by Gasteiger charge is 2.38. The predicted molar refractivity (Wildman–Crippen MR) is 135 cm³/mol. The fraction of sp³-hybridized carbons (Fsp3) is 0.556. The Bertz CT molecular complexity index is 969. The molecule has 1 aromatic carbocycles. The van der Waals surface area contributed by atoms with Crippen LogP contribution in [0.2, 0.25) is 0 Å². The maximum absolute atomic E-state index is 13.8. The smallest absolute Gasteiger partial charge is 0.408 e. The summed E-state index contributed by atoms with van der Waals surface area (Å²) in [6.45, 7) is 12.2. The highest BCUT2D eigenvalue weighted by Crippen LogP contribution is 2.26. The van der Waals surface area contributed by atoms with Crippen LogP contribution < -0.4 is 10.6 Å². The van der Waals surface area contributed by atoms with E-state index < -0.39 is 35.6 Å². The number of benzene rings is 1. The van der Waals surface area contributed by atoms with Crippen molar-refractivity contribution in [1.29, 1.82) is 5.26 Å². The Balaban J connectivity index is 3.51. The van der Waals surface area contributed by atoms with Gasteiger partial charge < -0.3 is 20.3 Å². The second-order valence-corrected chi connectivity index (χ2v) is 9.82. The topological polar surface area (TPSA) is 112 Å². The van der Waals surface area contributed by atoms with Gasteiger partial charge in [0.15, 0.2) is 0 Å². The van der Waals surface area contributed by atoms with Crippen molar-refractivity contribution in [1.82, 2.24) is 15.5 Å². The summed E-state index contributed by atoms with van der Waals surface area (Å²) in [5.74, 6) is 1.19. The van der Waals surface area contributed by atoms with E-state index in [1.54, 1.807) is 58.9 Å². The Morgan fingerprint density at radius 3 is 2.29 bits per heavy atom. The molecular weight excluding hydrogens is 444 g/mol. The van der Waals surface area contributed by atoms with Crippen molar-refractivity contribution in [2.75, 3.05) is 6.54 Å². The molecule has 1 rings (SSSR count). The highest BCUT2D eigenvalue weighted by atomic mass is 16.6. The van der Waals surface area contributed by atoms with Gasteiger partial charge in [0, 0.05) is 11.6 Å². The number of ether oxygens (including phenoxy) is 1. The van der Waals surface area contributed by atoms with Crippen molar-refractivity contribution >= 4 is 17.9 Å². The minimum atomic E-state index is -1.16. The molecule has 0 aromatic heterocycles. The number of nitrogens with one attached hydrogen (secondary N) is 2. The lowest BCUT2D eigenvalue weighted by Crippen LogP contribution is -2.55. The maximum atomic E-state index is 13.8. The Morgan fingerprint density at radius 2 is 1.77 bits per heavy atom. The van der Waals surface area contributed by atoms with Gasteiger partial charge >= 0.3 is 6.09 Å². The quantitative estimate of drug-likeness (QED) is 0.388. The van der Waals surface area contributed by atoms with Gasteiger partial charge in [-0.25, -0.2) is 4.79 Å². The van der Waals surface area contributed by atoms with E-state index in [0.717, 1.165) is 12.8 Å². The van der Waals surface area contributed by atoms with Gasteiger partial charge in [0.2, 0.25) is 11.8 Å². The van der Waals surface area contributed by atoms with Crippen LogP contribution in [-0.4, -0.2) is 47.0 Å². The Hall–Kier alpha value is -3.52. The molecule has 1 aromatic rings. The number of terminal acetylenes is 1. The van der Waals surface area contributed by atoms with Crippen LogP contribution in [0, 0.1) is 29.6 Å². The molecule has 0 heterocycles. The van der Waals surface area contributed by atoms with E-state index >= 15 is 0 Å². The van der Waals surface area contributed by atoms with Gasteiger partial charge in [0.05, 0.1) is 6.07 Å². The number of amides is 3. The third kappa shape index (κ3) is 8.98.